The predicted molar refractivity (Wildman–Crippen MR) is 111 cm³/mol. The van der Waals surface area contributed by atoms with Crippen LogP contribution in [0, 0.1) is 5.92 Å². The minimum Gasteiger partial charge on any atom is -0.494 e. The van der Waals surface area contributed by atoms with Gasteiger partial charge in [0.15, 0.2) is 0 Å². The maximum absolute atomic E-state index is 12.2. The van der Waals surface area contributed by atoms with Crippen molar-refractivity contribution in [3.05, 3.63) is 71.8 Å². The molecule has 1 amide bonds. The minimum absolute atomic E-state index is 0.207. The SMILES string of the molecule is CCOc1ccc(OCc2ccc(C(=O)NN=CC3CC=CCC3)cc2)cc1. The third kappa shape index (κ3) is 5.98. The van der Waals surface area contributed by atoms with Gasteiger partial charge in [0.05, 0.1) is 6.61 Å². The summed E-state index contributed by atoms with van der Waals surface area (Å²) in [7, 11) is 0. The maximum atomic E-state index is 12.2. The molecule has 0 saturated carbocycles. The van der Waals surface area contributed by atoms with Crippen molar-refractivity contribution < 1.29 is 14.3 Å². The second kappa shape index (κ2) is 10.3. The lowest BCUT2D eigenvalue weighted by Crippen LogP contribution is -2.18. The molecule has 0 bridgehead atoms. The summed E-state index contributed by atoms with van der Waals surface area (Å²) in [6, 6.07) is 14.9. The van der Waals surface area contributed by atoms with E-state index in [1.54, 1.807) is 12.1 Å². The molecule has 2 aromatic carbocycles. The van der Waals surface area contributed by atoms with Crippen LogP contribution in [0.2, 0.25) is 0 Å². The highest BCUT2D eigenvalue weighted by Gasteiger charge is 2.08. The summed E-state index contributed by atoms with van der Waals surface area (Å²) >= 11 is 0. The topological polar surface area (TPSA) is 59.9 Å². The fraction of sp³-hybridized carbons (Fsp3) is 0.304. The van der Waals surface area contributed by atoms with Gasteiger partial charge in [0.25, 0.3) is 5.91 Å². The van der Waals surface area contributed by atoms with Crippen LogP contribution in [0.5, 0.6) is 11.5 Å². The highest BCUT2D eigenvalue weighted by Crippen LogP contribution is 2.19. The van der Waals surface area contributed by atoms with Crippen molar-refractivity contribution in [1.29, 1.82) is 0 Å². The molecule has 5 heteroatoms. The molecule has 5 nitrogen and oxygen atoms in total. The third-order valence-corrected chi connectivity index (χ3v) is 4.52. The Kier molecular flexibility index (Phi) is 7.24. The van der Waals surface area contributed by atoms with E-state index in [1.807, 2.05) is 49.5 Å². The van der Waals surface area contributed by atoms with Crippen LogP contribution < -0.4 is 14.9 Å². The molecule has 1 aliphatic carbocycles. The van der Waals surface area contributed by atoms with Crippen LogP contribution in [0.3, 0.4) is 0 Å². The number of allylic oxidation sites excluding steroid dienone is 2. The van der Waals surface area contributed by atoms with E-state index < -0.39 is 0 Å². The standard InChI is InChI=1S/C23H26N2O3/c1-2-27-21-12-14-22(15-13-21)28-17-19-8-10-20(11-9-19)23(26)25-24-16-18-6-4-3-5-7-18/h3-4,8-16,18H,2,5-7,17H2,1H3,(H,25,26). The molecule has 0 spiro atoms. The van der Waals surface area contributed by atoms with Crippen molar-refractivity contribution in [1.82, 2.24) is 5.43 Å². The van der Waals surface area contributed by atoms with Crippen molar-refractivity contribution in [2.75, 3.05) is 6.61 Å². The summed E-state index contributed by atoms with van der Waals surface area (Å²) in [6.07, 6.45) is 9.33. The van der Waals surface area contributed by atoms with Gasteiger partial charge in [-0.1, -0.05) is 24.3 Å². The number of amides is 1. The van der Waals surface area contributed by atoms with Gasteiger partial charge >= 0.3 is 0 Å². The lowest BCUT2D eigenvalue weighted by Gasteiger charge is -2.11. The van der Waals surface area contributed by atoms with Gasteiger partial charge in [-0.05, 0) is 74.1 Å². The van der Waals surface area contributed by atoms with Crippen LogP contribution in [0.25, 0.3) is 0 Å². The number of nitrogens with one attached hydrogen (secondary N) is 1. The Hall–Kier alpha value is -3.08. The van der Waals surface area contributed by atoms with E-state index in [-0.39, 0.29) is 5.91 Å². The second-order valence-corrected chi connectivity index (χ2v) is 6.65. The van der Waals surface area contributed by atoms with Crippen LogP contribution in [0.15, 0.2) is 65.8 Å². The van der Waals surface area contributed by atoms with E-state index >= 15 is 0 Å². The molecule has 1 unspecified atom stereocenters. The Bertz CT molecular complexity index is 811. The monoisotopic (exact) mass is 378 g/mol. The van der Waals surface area contributed by atoms with Gasteiger partial charge in [-0.25, -0.2) is 5.43 Å². The molecule has 2 aromatic rings. The van der Waals surface area contributed by atoms with Crippen molar-refractivity contribution in [3.63, 3.8) is 0 Å². The van der Waals surface area contributed by atoms with Crippen LogP contribution in [-0.2, 0) is 6.61 Å². The molecule has 0 aliphatic heterocycles. The van der Waals surface area contributed by atoms with Crippen molar-refractivity contribution in [3.8, 4) is 11.5 Å². The van der Waals surface area contributed by atoms with Crippen molar-refractivity contribution in [2.24, 2.45) is 11.0 Å². The van der Waals surface area contributed by atoms with Gasteiger partial charge in [0.1, 0.15) is 18.1 Å². The summed E-state index contributed by atoms with van der Waals surface area (Å²) in [6.45, 7) is 3.03. The Labute approximate surface area is 166 Å². The number of carbonyl (C=O) groups excluding carboxylic acids is 1. The first-order chi connectivity index (χ1) is 13.7. The average Bonchev–Trinajstić information content (AvgIpc) is 2.74. The second-order valence-electron chi connectivity index (χ2n) is 6.65. The molecule has 1 N–H and O–H groups in total. The van der Waals surface area contributed by atoms with E-state index in [1.165, 1.54) is 0 Å². The van der Waals surface area contributed by atoms with Gasteiger partial charge in [0, 0.05) is 11.8 Å². The lowest BCUT2D eigenvalue weighted by molar-refractivity contribution is 0.0955. The molecule has 0 fully saturated rings. The lowest BCUT2D eigenvalue weighted by atomic mass is 9.96. The van der Waals surface area contributed by atoms with E-state index in [0.29, 0.717) is 24.7 Å². The van der Waals surface area contributed by atoms with E-state index in [4.69, 9.17) is 9.47 Å². The molecule has 28 heavy (non-hydrogen) atoms. The van der Waals surface area contributed by atoms with Crippen LogP contribution in [0.1, 0.15) is 42.1 Å². The molecule has 0 saturated heterocycles. The molecule has 146 valence electrons. The zero-order valence-electron chi connectivity index (χ0n) is 16.1. The van der Waals surface area contributed by atoms with Gasteiger partial charge in [-0.15, -0.1) is 0 Å². The van der Waals surface area contributed by atoms with Crippen molar-refractivity contribution in [2.45, 2.75) is 32.8 Å². The summed E-state index contributed by atoms with van der Waals surface area (Å²) in [4.78, 5) is 12.2. The van der Waals surface area contributed by atoms with Crippen LogP contribution in [-0.4, -0.2) is 18.7 Å². The molecule has 1 atom stereocenters. The smallest absolute Gasteiger partial charge is 0.271 e. The molecular weight excluding hydrogens is 352 g/mol. The molecule has 1 aliphatic rings. The largest absolute Gasteiger partial charge is 0.494 e. The number of hydrazone groups is 1. The van der Waals surface area contributed by atoms with E-state index in [2.05, 4.69) is 22.7 Å². The number of hydrogen-bond acceptors (Lipinski definition) is 4. The Morgan fingerprint density at radius 1 is 1.07 bits per heavy atom. The number of rotatable bonds is 8. The first-order valence-electron chi connectivity index (χ1n) is 9.67. The molecule has 0 heterocycles. The Balaban J connectivity index is 1.46. The highest BCUT2D eigenvalue weighted by atomic mass is 16.5. The van der Waals surface area contributed by atoms with Gasteiger partial charge in [-0.2, -0.15) is 5.10 Å². The Morgan fingerprint density at radius 2 is 1.79 bits per heavy atom. The van der Waals surface area contributed by atoms with Crippen LogP contribution in [0.4, 0.5) is 0 Å². The number of benzene rings is 2. The number of nitrogens with zero attached hydrogens (tertiary/aromatic N) is 1. The molecule has 3 rings (SSSR count). The highest BCUT2D eigenvalue weighted by molar-refractivity contribution is 5.94. The maximum Gasteiger partial charge on any atom is 0.271 e. The zero-order chi connectivity index (χ0) is 19.6. The molecule has 0 aromatic heterocycles. The predicted octanol–water partition coefficient (Wildman–Crippen LogP) is 4.74. The quantitative estimate of drug-likeness (QED) is 0.410. The number of hydrogen-bond donors (Lipinski definition) is 1. The van der Waals surface area contributed by atoms with E-state index in [0.717, 1.165) is 36.3 Å². The number of carbonyl (C=O) groups is 1. The fourth-order valence-corrected chi connectivity index (χ4v) is 2.94. The molecular formula is C23H26N2O3. The first kappa shape index (κ1) is 19.7. The van der Waals surface area contributed by atoms with Gasteiger partial charge in [0.2, 0.25) is 0 Å². The zero-order valence-corrected chi connectivity index (χ0v) is 16.1. The van der Waals surface area contributed by atoms with Crippen molar-refractivity contribution >= 4 is 12.1 Å². The number of ether oxygens (including phenoxy) is 2. The summed E-state index contributed by atoms with van der Waals surface area (Å²) in [5, 5.41) is 4.10. The van der Waals surface area contributed by atoms with E-state index in [9.17, 15) is 4.79 Å². The third-order valence-electron chi connectivity index (χ3n) is 4.52. The Morgan fingerprint density at radius 3 is 2.43 bits per heavy atom. The average molecular weight is 378 g/mol. The summed E-state index contributed by atoms with van der Waals surface area (Å²) in [5.74, 6) is 1.80. The summed E-state index contributed by atoms with van der Waals surface area (Å²) in [5.41, 5.74) is 4.17. The molecule has 0 radical (unpaired) electrons. The minimum atomic E-state index is -0.207. The normalized spacial score (nSPS) is 16.1. The summed E-state index contributed by atoms with van der Waals surface area (Å²) < 4.78 is 11.2. The van der Waals surface area contributed by atoms with Gasteiger partial charge < -0.3 is 9.47 Å². The van der Waals surface area contributed by atoms with Gasteiger partial charge in [-0.3, -0.25) is 4.79 Å². The fourth-order valence-electron chi connectivity index (χ4n) is 2.94. The first-order valence-corrected chi connectivity index (χ1v) is 9.67. The van der Waals surface area contributed by atoms with Crippen LogP contribution >= 0.6 is 0 Å².